The molecule has 0 saturated carbocycles. The third kappa shape index (κ3) is 4.02. The first-order valence-electron chi connectivity index (χ1n) is 7.53. The molecule has 0 bridgehead atoms. The number of nitrogens with zero attached hydrogens (tertiary/aromatic N) is 2. The largest absolute Gasteiger partial charge is 0.497 e. The van der Waals surface area contributed by atoms with Gasteiger partial charge in [0.2, 0.25) is 5.82 Å². The maximum absolute atomic E-state index is 12.0. The zero-order valence-electron chi connectivity index (χ0n) is 13.5. The van der Waals surface area contributed by atoms with Gasteiger partial charge in [-0.15, -0.1) is 0 Å². The van der Waals surface area contributed by atoms with Crippen LogP contribution in [0.4, 0.5) is 0 Å². The molecule has 2 aromatic carbocycles. The number of methoxy groups -OCH3 is 1. The van der Waals surface area contributed by atoms with Gasteiger partial charge < -0.3 is 19.1 Å². The maximum Gasteiger partial charge on any atom is 0.338 e. The van der Waals surface area contributed by atoms with Gasteiger partial charge in [0.25, 0.3) is 5.89 Å². The molecule has 1 N–H and O–H groups in total. The standard InChI is InChI=1S/C18H16N2O5/c1-23-15-8-6-13(7-9-15)17-19-16(25-20-17)11-24-18(22)14-4-2-12(10-21)3-5-14/h2-9,21H,10-11H2,1H3. The number of rotatable bonds is 6. The van der Waals surface area contributed by atoms with Gasteiger partial charge in [0, 0.05) is 5.56 Å². The Morgan fingerprint density at radius 1 is 1.12 bits per heavy atom. The molecule has 0 unspecified atom stereocenters. The van der Waals surface area contributed by atoms with E-state index < -0.39 is 5.97 Å². The molecule has 0 fully saturated rings. The van der Waals surface area contributed by atoms with Gasteiger partial charge in [0.1, 0.15) is 5.75 Å². The van der Waals surface area contributed by atoms with Gasteiger partial charge in [-0.05, 0) is 42.0 Å². The summed E-state index contributed by atoms with van der Waals surface area (Å²) in [7, 11) is 1.59. The minimum absolute atomic E-state index is 0.0779. The molecule has 7 nitrogen and oxygen atoms in total. The van der Waals surface area contributed by atoms with E-state index in [0.29, 0.717) is 11.4 Å². The Hall–Kier alpha value is -3.19. The number of carbonyl (C=O) groups excluding carboxylic acids is 1. The van der Waals surface area contributed by atoms with Crippen molar-refractivity contribution in [1.82, 2.24) is 10.1 Å². The second kappa shape index (κ2) is 7.59. The minimum Gasteiger partial charge on any atom is -0.497 e. The number of hydrogen-bond donors (Lipinski definition) is 1. The molecule has 1 aromatic heterocycles. The molecule has 25 heavy (non-hydrogen) atoms. The van der Waals surface area contributed by atoms with E-state index in [1.165, 1.54) is 0 Å². The average Bonchev–Trinajstić information content (AvgIpc) is 3.15. The number of aliphatic hydroxyl groups is 1. The number of aromatic nitrogens is 2. The zero-order valence-corrected chi connectivity index (χ0v) is 13.5. The Bertz CT molecular complexity index is 841. The van der Waals surface area contributed by atoms with Gasteiger partial charge in [-0.25, -0.2) is 4.79 Å². The van der Waals surface area contributed by atoms with E-state index >= 15 is 0 Å². The van der Waals surface area contributed by atoms with Crippen LogP contribution in [0.5, 0.6) is 5.75 Å². The summed E-state index contributed by atoms with van der Waals surface area (Å²) >= 11 is 0. The van der Waals surface area contributed by atoms with E-state index in [1.54, 1.807) is 43.5 Å². The molecule has 0 aliphatic heterocycles. The van der Waals surface area contributed by atoms with E-state index in [2.05, 4.69) is 10.1 Å². The van der Waals surface area contributed by atoms with Crippen molar-refractivity contribution in [3.05, 3.63) is 65.5 Å². The zero-order chi connectivity index (χ0) is 17.6. The second-order valence-corrected chi connectivity index (χ2v) is 5.17. The van der Waals surface area contributed by atoms with E-state index in [0.717, 1.165) is 16.9 Å². The van der Waals surface area contributed by atoms with Crippen LogP contribution in [0.15, 0.2) is 53.1 Å². The quantitative estimate of drug-likeness (QED) is 0.689. The van der Waals surface area contributed by atoms with Gasteiger partial charge in [0.15, 0.2) is 6.61 Å². The van der Waals surface area contributed by atoms with Crippen molar-refractivity contribution in [3.8, 4) is 17.1 Å². The van der Waals surface area contributed by atoms with E-state index in [4.69, 9.17) is 19.1 Å². The summed E-state index contributed by atoms with van der Waals surface area (Å²) in [4.78, 5) is 16.2. The van der Waals surface area contributed by atoms with Crippen molar-refractivity contribution in [2.24, 2.45) is 0 Å². The number of esters is 1. The Kier molecular flexibility index (Phi) is 5.06. The third-order valence-electron chi connectivity index (χ3n) is 3.52. The fourth-order valence-corrected chi connectivity index (χ4v) is 2.13. The molecule has 0 aliphatic carbocycles. The molecule has 0 spiro atoms. The van der Waals surface area contributed by atoms with E-state index in [-0.39, 0.29) is 19.1 Å². The van der Waals surface area contributed by atoms with Crippen LogP contribution in [0.1, 0.15) is 21.8 Å². The highest BCUT2D eigenvalue weighted by atomic mass is 16.6. The van der Waals surface area contributed by atoms with Crippen molar-refractivity contribution in [2.45, 2.75) is 13.2 Å². The lowest BCUT2D eigenvalue weighted by Crippen LogP contribution is -2.05. The highest BCUT2D eigenvalue weighted by Gasteiger charge is 2.12. The Balaban J connectivity index is 1.61. The summed E-state index contributed by atoms with van der Waals surface area (Å²) in [6.07, 6.45) is 0. The molecule has 3 aromatic rings. The van der Waals surface area contributed by atoms with Crippen LogP contribution in [0.3, 0.4) is 0 Å². The molecular weight excluding hydrogens is 324 g/mol. The molecule has 7 heteroatoms. The molecular formula is C18H16N2O5. The molecule has 1 heterocycles. The van der Waals surface area contributed by atoms with Crippen LogP contribution in [0, 0.1) is 0 Å². The van der Waals surface area contributed by atoms with Crippen molar-refractivity contribution < 1.29 is 23.9 Å². The molecule has 0 radical (unpaired) electrons. The normalized spacial score (nSPS) is 10.5. The van der Waals surface area contributed by atoms with Gasteiger partial charge >= 0.3 is 5.97 Å². The fourth-order valence-electron chi connectivity index (χ4n) is 2.13. The predicted octanol–water partition coefficient (Wildman–Crippen LogP) is 2.59. The number of ether oxygens (including phenoxy) is 2. The van der Waals surface area contributed by atoms with E-state index in [1.807, 2.05) is 12.1 Å². The summed E-state index contributed by atoms with van der Waals surface area (Å²) in [6, 6.07) is 13.7. The van der Waals surface area contributed by atoms with E-state index in [9.17, 15) is 4.79 Å². The van der Waals surface area contributed by atoms with Gasteiger partial charge in [-0.3, -0.25) is 0 Å². The van der Waals surface area contributed by atoms with Crippen molar-refractivity contribution in [3.63, 3.8) is 0 Å². The molecule has 0 amide bonds. The molecule has 0 saturated heterocycles. The highest BCUT2D eigenvalue weighted by Crippen LogP contribution is 2.20. The SMILES string of the molecule is COc1ccc(-c2noc(COC(=O)c3ccc(CO)cc3)n2)cc1. The average molecular weight is 340 g/mol. The lowest BCUT2D eigenvalue weighted by Gasteiger charge is -2.02. The van der Waals surface area contributed by atoms with Gasteiger partial charge in [-0.1, -0.05) is 17.3 Å². The molecule has 0 atom stereocenters. The monoisotopic (exact) mass is 340 g/mol. The smallest absolute Gasteiger partial charge is 0.338 e. The first-order valence-corrected chi connectivity index (χ1v) is 7.53. The lowest BCUT2D eigenvalue weighted by molar-refractivity contribution is 0.0429. The summed E-state index contributed by atoms with van der Waals surface area (Å²) in [5, 5.41) is 12.9. The minimum atomic E-state index is -0.506. The fraction of sp³-hybridized carbons (Fsp3) is 0.167. The number of benzene rings is 2. The summed E-state index contributed by atoms with van der Waals surface area (Å²) in [5.74, 6) is 0.828. The number of hydrogen-bond acceptors (Lipinski definition) is 7. The number of carbonyl (C=O) groups is 1. The summed E-state index contributed by atoms with van der Waals surface area (Å²) < 4.78 is 15.3. The number of aliphatic hydroxyl groups excluding tert-OH is 1. The molecule has 128 valence electrons. The lowest BCUT2D eigenvalue weighted by atomic mass is 10.1. The van der Waals surface area contributed by atoms with Crippen LogP contribution >= 0.6 is 0 Å². The Morgan fingerprint density at radius 3 is 2.48 bits per heavy atom. The van der Waals surface area contributed by atoms with Gasteiger partial charge in [-0.2, -0.15) is 4.98 Å². The summed E-state index contributed by atoms with van der Waals surface area (Å²) in [6.45, 7) is -0.199. The third-order valence-corrected chi connectivity index (χ3v) is 3.52. The van der Waals surface area contributed by atoms with Gasteiger partial charge in [0.05, 0.1) is 19.3 Å². The first-order chi connectivity index (χ1) is 12.2. The molecule has 0 aliphatic rings. The summed E-state index contributed by atoms with van der Waals surface area (Å²) in [5.41, 5.74) is 1.87. The van der Waals surface area contributed by atoms with Crippen LogP contribution < -0.4 is 4.74 Å². The second-order valence-electron chi connectivity index (χ2n) is 5.17. The van der Waals surface area contributed by atoms with Crippen molar-refractivity contribution >= 4 is 5.97 Å². The Morgan fingerprint density at radius 2 is 1.84 bits per heavy atom. The molecule has 3 rings (SSSR count). The topological polar surface area (TPSA) is 94.7 Å². The van der Waals surface area contributed by atoms with Crippen LogP contribution in [-0.2, 0) is 18.0 Å². The van der Waals surface area contributed by atoms with Crippen molar-refractivity contribution in [2.75, 3.05) is 7.11 Å². The van der Waals surface area contributed by atoms with Crippen molar-refractivity contribution in [1.29, 1.82) is 0 Å². The first kappa shape index (κ1) is 16.7. The predicted molar refractivity (Wildman–Crippen MR) is 87.8 cm³/mol. The van der Waals surface area contributed by atoms with Crippen LogP contribution in [0.2, 0.25) is 0 Å². The van der Waals surface area contributed by atoms with Crippen LogP contribution in [-0.4, -0.2) is 28.3 Å². The van der Waals surface area contributed by atoms with Crippen LogP contribution in [0.25, 0.3) is 11.4 Å². The Labute approximate surface area is 143 Å². The maximum atomic E-state index is 12.0. The highest BCUT2D eigenvalue weighted by molar-refractivity contribution is 5.89.